The lowest BCUT2D eigenvalue weighted by atomic mass is 9.87. The second-order valence-corrected chi connectivity index (χ2v) is 5.29. The number of nitrogens with two attached hydrogens (primary N) is 2. The van der Waals surface area contributed by atoms with Crippen molar-refractivity contribution in [2.24, 2.45) is 5.73 Å². The second kappa shape index (κ2) is 4.46. The van der Waals surface area contributed by atoms with Gasteiger partial charge in [-0.3, -0.25) is 0 Å². The quantitative estimate of drug-likeness (QED) is 0.790. The van der Waals surface area contributed by atoms with Gasteiger partial charge < -0.3 is 11.5 Å². The molecule has 0 spiro atoms. The largest absolute Gasteiger partial charge is 0.398 e. The number of hydrogen-bond acceptors (Lipinski definition) is 2. The molecule has 0 bridgehead atoms. The molecule has 0 unspecified atom stereocenters. The second-order valence-electron chi connectivity index (χ2n) is 5.29. The van der Waals surface area contributed by atoms with Gasteiger partial charge in [-0.15, -0.1) is 0 Å². The molecule has 0 heterocycles. The summed E-state index contributed by atoms with van der Waals surface area (Å²) in [6, 6.07) is 14.1. The Balaban J connectivity index is 2.64. The molecule has 0 aliphatic rings. The number of benzene rings is 2. The standard InChI is InChI=1S/C16H20N2/c1-11-12(13-7-4-5-10-15(13)17)8-6-9-14(11)16(2,3)18/h4-10H,17-18H2,1-3H3. The highest BCUT2D eigenvalue weighted by molar-refractivity contribution is 5.79. The molecule has 0 aliphatic carbocycles. The summed E-state index contributed by atoms with van der Waals surface area (Å²) in [6.07, 6.45) is 0. The zero-order chi connectivity index (χ0) is 13.3. The minimum Gasteiger partial charge on any atom is -0.398 e. The van der Waals surface area contributed by atoms with E-state index < -0.39 is 0 Å². The van der Waals surface area contributed by atoms with E-state index in [1.165, 1.54) is 5.56 Å². The Hall–Kier alpha value is -1.80. The first kappa shape index (κ1) is 12.7. The lowest BCUT2D eigenvalue weighted by Gasteiger charge is -2.23. The van der Waals surface area contributed by atoms with Crippen LogP contribution < -0.4 is 11.5 Å². The fraction of sp³-hybridized carbons (Fsp3) is 0.250. The molecule has 0 aliphatic heterocycles. The van der Waals surface area contributed by atoms with E-state index in [9.17, 15) is 0 Å². The van der Waals surface area contributed by atoms with E-state index in [1.54, 1.807) is 0 Å². The molecule has 0 saturated heterocycles. The highest BCUT2D eigenvalue weighted by Crippen LogP contribution is 2.32. The molecule has 2 aromatic rings. The van der Waals surface area contributed by atoms with Crippen molar-refractivity contribution in [3.8, 4) is 11.1 Å². The zero-order valence-electron chi connectivity index (χ0n) is 11.2. The maximum absolute atomic E-state index is 6.21. The summed E-state index contributed by atoms with van der Waals surface area (Å²) in [7, 11) is 0. The van der Waals surface area contributed by atoms with Crippen LogP contribution in [0.5, 0.6) is 0 Å². The van der Waals surface area contributed by atoms with Crippen LogP contribution in [0.3, 0.4) is 0 Å². The van der Waals surface area contributed by atoms with Crippen molar-refractivity contribution in [2.45, 2.75) is 26.3 Å². The Morgan fingerprint density at radius 2 is 1.50 bits per heavy atom. The Labute approximate surface area is 109 Å². The topological polar surface area (TPSA) is 52.0 Å². The van der Waals surface area contributed by atoms with Crippen molar-refractivity contribution < 1.29 is 0 Å². The first-order valence-electron chi connectivity index (χ1n) is 6.15. The van der Waals surface area contributed by atoms with Crippen molar-refractivity contribution in [3.63, 3.8) is 0 Å². The molecule has 94 valence electrons. The monoisotopic (exact) mass is 240 g/mol. The van der Waals surface area contributed by atoms with Gasteiger partial charge in [-0.1, -0.05) is 36.4 Å². The lowest BCUT2D eigenvalue weighted by molar-refractivity contribution is 0.551. The van der Waals surface area contributed by atoms with Crippen LogP contribution in [0, 0.1) is 6.92 Å². The Kier molecular flexibility index (Phi) is 3.14. The van der Waals surface area contributed by atoms with Crippen molar-refractivity contribution in [2.75, 3.05) is 5.73 Å². The highest BCUT2D eigenvalue weighted by Gasteiger charge is 2.18. The van der Waals surface area contributed by atoms with Crippen LogP contribution in [0.25, 0.3) is 11.1 Å². The van der Waals surface area contributed by atoms with Crippen LogP contribution in [-0.4, -0.2) is 0 Å². The molecular formula is C16H20N2. The number of rotatable bonds is 2. The molecule has 2 rings (SSSR count). The number of hydrogen-bond donors (Lipinski definition) is 2. The summed E-state index contributed by atoms with van der Waals surface area (Å²) in [5.74, 6) is 0. The van der Waals surface area contributed by atoms with Crippen LogP contribution in [0.2, 0.25) is 0 Å². The predicted octanol–water partition coefficient (Wildman–Crippen LogP) is 3.44. The number of anilines is 1. The third kappa shape index (κ3) is 2.24. The molecule has 4 N–H and O–H groups in total. The summed E-state index contributed by atoms with van der Waals surface area (Å²) in [5, 5.41) is 0. The normalized spacial score (nSPS) is 11.6. The number of nitrogen functional groups attached to an aromatic ring is 1. The number of para-hydroxylation sites is 1. The molecule has 2 heteroatoms. The van der Waals surface area contributed by atoms with Gasteiger partial charge in [0.05, 0.1) is 0 Å². The SMILES string of the molecule is Cc1c(-c2ccccc2N)cccc1C(C)(C)N. The van der Waals surface area contributed by atoms with E-state index in [2.05, 4.69) is 19.1 Å². The predicted molar refractivity (Wildman–Crippen MR) is 78.2 cm³/mol. The van der Waals surface area contributed by atoms with Gasteiger partial charge in [0, 0.05) is 16.8 Å². The first-order chi connectivity index (χ1) is 8.41. The minimum absolute atomic E-state index is 0.344. The van der Waals surface area contributed by atoms with Crippen LogP contribution >= 0.6 is 0 Å². The summed E-state index contributed by atoms with van der Waals surface area (Å²) in [6.45, 7) is 6.15. The van der Waals surface area contributed by atoms with E-state index in [0.717, 1.165) is 22.4 Å². The van der Waals surface area contributed by atoms with Gasteiger partial charge in [-0.05, 0) is 43.5 Å². The van der Waals surface area contributed by atoms with Crippen molar-refractivity contribution >= 4 is 5.69 Å². The average molecular weight is 240 g/mol. The van der Waals surface area contributed by atoms with Gasteiger partial charge in [-0.25, -0.2) is 0 Å². The van der Waals surface area contributed by atoms with Crippen LogP contribution in [0.15, 0.2) is 42.5 Å². The Morgan fingerprint density at radius 3 is 2.11 bits per heavy atom. The third-order valence-electron chi connectivity index (χ3n) is 3.28. The first-order valence-corrected chi connectivity index (χ1v) is 6.15. The van der Waals surface area contributed by atoms with Gasteiger partial charge in [-0.2, -0.15) is 0 Å². The van der Waals surface area contributed by atoms with E-state index in [4.69, 9.17) is 11.5 Å². The molecule has 0 aromatic heterocycles. The molecule has 0 saturated carbocycles. The van der Waals surface area contributed by atoms with Gasteiger partial charge in [0.15, 0.2) is 0 Å². The van der Waals surface area contributed by atoms with Gasteiger partial charge >= 0.3 is 0 Å². The molecule has 0 amide bonds. The fourth-order valence-electron chi connectivity index (χ4n) is 2.37. The molecule has 2 aromatic carbocycles. The molecule has 0 atom stereocenters. The summed E-state index contributed by atoms with van der Waals surface area (Å²) >= 11 is 0. The molecule has 0 fully saturated rings. The summed E-state index contributed by atoms with van der Waals surface area (Å²) in [5.41, 5.74) is 17.3. The van der Waals surface area contributed by atoms with E-state index >= 15 is 0 Å². The van der Waals surface area contributed by atoms with Gasteiger partial charge in [0.2, 0.25) is 0 Å². The molecular weight excluding hydrogens is 220 g/mol. The summed E-state index contributed by atoms with van der Waals surface area (Å²) in [4.78, 5) is 0. The Morgan fingerprint density at radius 1 is 0.889 bits per heavy atom. The smallest absolute Gasteiger partial charge is 0.0393 e. The minimum atomic E-state index is -0.344. The lowest BCUT2D eigenvalue weighted by Crippen LogP contribution is -2.29. The van der Waals surface area contributed by atoms with Gasteiger partial charge in [0.25, 0.3) is 0 Å². The van der Waals surface area contributed by atoms with E-state index in [-0.39, 0.29) is 5.54 Å². The Bertz CT molecular complexity index is 566. The average Bonchev–Trinajstić information content (AvgIpc) is 2.29. The molecule has 18 heavy (non-hydrogen) atoms. The fourth-order valence-corrected chi connectivity index (χ4v) is 2.37. The van der Waals surface area contributed by atoms with Crippen molar-refractivity contribution in [1.29, 1.82) is 0 Å². The third-order valence-corrected chi connectivity index (χ3v) is 3.28. The van der Waals surface area contributed by atoms with E-state index in [0.29, 0.717) is 0 Å². The summed E-state index contributed by atoms with van der Waals surface area (Å²) < 4.78 is 0. The van der Waals surface area contributed by atoms with Crippen LogP contribution in [-0.2, 0) is 5.54 Å². The molecule has 0 radical (unpaired) electrons. The maximum Gasteiger partial charge on any atom is 0.0393 e. The van der Waals surface area contributed by atoms with Gasteiger partial charge in [0.1, 0.15) is 0 Å². The maximum atomic E-state index is 6.21. The van der Waals surface area contributed by atoms with Crippen LogP contribution in [0.4, 0.5) is 5.69 Å². The highest BCUT2D eigenvalue weighted by atomic mass is 14.7. The van der Waals surface area contributed by atoms with E-state index in [1.807, 2.05) is 44.2 Å². The molecule has 2 nitrogen and oxygen atoms in total. The van der Waals surface area contributed by atoms with Crippen molar-refractivity contribution in [1.82, 2.24) is 0 Å². The zero-order valence-corrected chi connectivity index (χ0v) is 11.2. The van der Waals surface area contributed by atoms with Crippen LogP contribution in [0.1, 0.15) is 25.0 Å². The van der Waals surface area contributed by atoms with Crippen molar-refractivity contribution in [3.05, 3.63) is 53.6 Å².